The van der Waals surface area contributed by atoms with Crippen LogP contribution < -0.4 is 0 Å². The molecule has 2 rings (SSSR count). The van der Waals surface area contributed by atoms with Crippen molar-refractivity contribution in [3.8, 4) is 6.07 Å². The molecular weight excluding hydrogens is 553 g/mol. The van der Waals surface area contributed by atoms with E-state index in [2.05, 4.69) is 0 Å². The molecule has 0 aliphatic heterocycles. The third kappa shape index (κ3) is 4.78. The van der Waals surface area contributed by atoms with Crippen LogP contribution in [0.25, 0.3) is 0 Å². The quantitative estimate of drug-likeness (QED) is 0.315. The lowest BCUT2D eigenvalue weighted by Crippen LogP contribution is -2.70. The minimum Gasteiger partial charge on any atom is -0.384 e. The highest BCUT2D eigenvalue weighted by atomic mass is 19.4. The van der Waals surface area contributed by atoms with Gasteiger partial charge < -0.3 is 5.11 Å². The van der Waals surface area contributed by atoms with Crippen LogP contribution in [0.3, 0.4) is 0 Å². The molecule has 210 valence electrons. The lowest BCUT2D eigenvalue weighted by atomic mass is 9.73. The number of nitrogens with zero attached hydrogens (tertiary/aromatic N) is 1. The first kappa shape index (κ1) is 31.2. The third-order valence-electron chi connectivity index (χ3n) is 6.00. The Labute approximate surface area is 206 Å². The number of nitriles is 1. The van der Waals surface area contributed by atoms with Crippen molar-refractivity contribution in [2.24, 2.45) is 0 Å². The summed E-state index contributed by atoms with van der Waals surface area (Å²) < 4.78 is 177. The van der Waals surface area contributed by atoms with Crippen LogP contribution in [0.4, 0.5) is 57.1 Å². The van der Waals surface area contributed by atoms with E-state index in [0.717, 1.165) is 25.1 Å². The molecule has 0 aliphatic carbocycles. The maximum atomic E-state index is 14.8. The fourth-order valence-corrected chi connectivity index (χ4v) is 3.63. The highest BCUT2D eigenvalue weighted by Gasteiger charge is 2.90. The van der Waals surface area contributed by atoms with Crippen molar-refractivity contribution in [3.63, 3.8) is 0 Å². The Kier molecular flexibility index (Phi) is 7.90. The summed E-state index contributed by atoms with van der Waals surface area (Å²) in [5, 5.41) is 20.2. The third-order valence-corrected chi connectivity index (χ3v) is 6.00. The van der Waals surface area contributed by atoms with E-state index in [1.54, 1.807) is 0 Å². The van der Waals surface area contributed by atoms with E-state index in [1.807, 2.05) is 0 Å². The zero-order chi connectivity index (χ0) is 29.6. The summed E-state index contributed by atoms with van der Waals surface area (Å²) in [6, 6.07) is 11.4. The van der Waals surface area contributed by atoms with Gasteiger partial charge in [0.15, 0.2) is 0 Å². The summed E-state index contributed by atoms with van der Waals surface area (Å²) in [6.45, 7) is 0.938. The van der Waals surface area contributed by atoms with Crippen molar-refractivity contribution in [1.29, 1.82) is 5.26 Å². The highest BCUT2D eigenvalue weighted by Crippen LogP contribution is 2.62. The van der Waals surface area contributed by atoms with Gasteiger partial charge in [-0.1, -0.05) is 49.4 Å². The predicted octanol–water partition coefficient (Wildman–Crippen LogP) is 7.68. The van der Waals surface area contributed by atoms with Gasteiger partial charge in [0.1, 0.15) is 5.60 Å². The van der Waals surface area contributed by atoms with Gasteiger partial charge in [-0.25, -0.2) is 0 Å². The van der Waals surface area contributed by atoms with E-state index in [4.69, 9.17) is 5.26 Å². The molecule has 0 amide bonds. The number of halogens is 13. The van der Waals surface area contributed by atoms with E-state index in [-0.39, 0.29) is 11.1 Å². The molecule has 2 unspecified atom stereocenters. The van der Waals surface area contributed by atoms with Gasteiger partial charge in [0.25, 0.3) is 0 Å². The molecule has 2 aromatic rings. The molecule has 15 heteroatoms. The van der Waals surface area contributed by atoms with Crippen molar-refractivity contribution < 1.29 is 62.2 Å². The van der Waals surface area contributed by atoms with Crippen LogP contribution in [-0.4, -0.2) is 40.9 Å². The van der Waals surface area contributed by atoms with Crippen LogP contribution in [0.2, 0.25) is 0 Å². The highest BCUT2D eigenvalue weighted by molar-refractivity contribution is 5.38. The Morgan fingerprint density at radius 1 is 0.711 bits per heavy atom. The zero-order valence-corrected chi connectivity index (χ0v) is 18.8. The van der Waals surface area contributed by atoms with Crippen LogP contribution in [-0.2, 0) is 5.60 Å². The molecular formula is C23H16F13NO. The average Bonchev–Trinajstić information content (AvgIpc) is 2.82. The number of rotatable bonds is 9. The molecule has 0 heterocycles. The smallest absolute Gasteiger partial charge is 0.384 e. The summed E-state index contributed by atoms with van der Waals surface area (Å²) in [5.41, 5.74) is -4.58. The van der Waals surface area contributed by atoms with E-state index in [0.29, 0.717) is 6.07 Å². The normalized spacial score (nSPS) is 16.5. The van der Waals surface area contributed by atoms with Crippen molar-refractivity contribution in [1.82, 2.24) is 0 Å². The molecule has 0 radical (unpaired) electrons. The van der Waals surface area contributed by atoms with E-state index >= 15 is 0 Å². The molecule has 38 heavy (non-hydrogen) atoms. The van der Waals surface area contributed by atoms with E-state index in [1.165, 1.54) is 36.4 Å². The second-order valence-corrected chi connectivity index (χ2v) is 8.43. The van der Waals surface area contributed by atoms with Crippen LogP contribution in [0, 0.1) is 11.3 Å². The summed E-state index contributed by atoms with van der Waals surface area (Å²) in [5.74, 6) is -39.7. The Bertz CT molecular complexity index is 1170. The first-order chi connectivity index (χ1) is 17.0. The first-order valence-corrected chi connectivity index (χ1v) is 10.2. The molecule has 2 aromatic carbocycles. The standard InChI is InChI=1S/C23H16F13NO/c1-13(15-7-3-2-4-8-15)17(38,16-9-5-6-14(10-16)11-37)12-18(24,25)19(26,27)20(28,29)21(30,31)22(32,33)23(34,35)36/h2-10,13,38H,12H2,1H3. The van der Waals surface area contributed by atoms with Crippen molar-refractivity contribution in [2.75, 3.05) is 0 Å². The summed E-state index contributed by atoms with van der Waals surface area (Å²) in [7, 11) is 0. The number of benzene rings is 2. The number of aliphatic hydroxyl groups is 1. The van der Waals surface area contributed by atoms with Crippen molar-refractivity contribution in [3.05, 3.63) is 71.3 Å². The molecule has 0 aromatic heterocycles. The van der Waals surface area contributed by atoms with Gasteiger partial charge >= 0.3 is 35.8 Å². The van der Waals surface area contributed by atoms with Crippen LogP contribution >= 0.6 is 0 Å². The Balaban J connectivity index is 2.71. The minimum absolute atomic E-state index is 0.0860. The van der Waals surface area contributed by atoms with Crippen LogP contribution in [0.5, 0.6) is 0 Å². The zero-order valence-electron chi connectivity index (χ0n) is 18.8. The SMILES string of the molecule is CC(c1ccccc1)C(O)(CC(F)(F)C(F)(F)C(F)(F)C(F)(F)C(F)(F)C(F)(F)F)c1cccc(C#N)c1. The van der Waals surface area contributed by atoms with Crippen molar-refractivity contribution in [2.45, 2.75) is 60.7 Å². The van der Waals surface area contributed by atoms with E-state index in [9.17, 15) is 62.2 Å². The van der Waals surface area contributed by atoms with Gasteiger partial charge in [-0.15, -0.1) is 0 Å². The molecule has 0 fully saturated rings. The fourth-order valence-electron chi connectivity index (χ4n) is 3.63. The summed E-state index contributed by atoms with van der Waals surface area (Å²) >= 11 is 0. The number of hydrogen-bond donors (Lipinski definition) is 1. The minimum atomic E-state index is -8.05. The summed E-state index contributed by atoms with van der Waals surface area (Å²) in [6.07, 6.45) is -10.4. The second-order valence-electron chi connectivity index (χ2n) is 8.43. The monoisotopic (exact) mass is 569 g/mol. The fraction of sp³-hybridized carbons (Fsp3) is 0.435. The van der Waals surface area contributed by atoms with Crippen LogP contribution in [0.15, 0.2) is 54.6 Å². The second kappa shape index (κ2) is 9.62. The van der Waals surface area contributed by atoms with Crippen LogP contribution in [0.1, 0.15) is 36.0 Å². The molecule has 0 bridgehead atoms. The molecule has 0 aliphatic rings. The van der Waals surface area contributed by atoms with Gasteiger partial charge in [0.2, 0.25) is 0 Å². The van der Waals surface area contributed by atoms with Gasteiger partial charge in [-0.05, 0) is 23.3 Å². The number of alkyl halides is 13. The lowest BCUT2D eigenvalue weighted by Gasteiger charge is -2.43. The predicted molar refractivity (Wildman–Crippen MR) is 105 cm³/mol. The lowest BCUT2D eigenvalue weighted by molar-refractivity contribution is -0.441. The van der Waals surface area contributed by atoms with Gasteiger partial charge in [0.05, 0.1) is 18.1 Å². The maximum absolute atomic E-state index is 14.8. The Morgan fingerprint density at radius 3 is 1.68 bits per heavy atom. The first-order valence-electron chi connectivity index (χ1n) is 10.2. The maximum Gasteiger partial charge on any atom is 0.460 e. The van der Waals surface area contributed by atoms with Gasteiger partial charge in [-0.3, -0.25) is 0 Å². The van der Waals surface area contributed by atoms with Gasteiger partial charge in [-0.2, -0.15) is 62.3 Å². The molecule has 2 atom stereocenters. The Morgan fingerprint density at radius 2 is 1.21 bits per heavy atom. The topological polar surface area (TPSA) is 44.0 Å². The molecule has 2 nitrogen and oxygen atoms in total. The molecule has 0 saturated heterocycles. The molecule has 0 saturated carbocycles. The van der Waals surface area contributed by atoms with Gasteiger partial charge in [0, 0.05) is 5.92 Å². The molecule has 1 N–H and O–H groups in total. The Hall–Kier alpha value is -3.02. The molecule has 0 spiro atoms. The largest absolute Gasteiger partial charge is 0.460 e. The summed E-state index contributed by atoms with van der Waals surface area (Å²) in [4.78, 5) is 0. The average molecular weight is 569 g/mol. The van der Waals surface area contributed by atoms with Crippen molar-refractivity contribution >= 4 is 0 Å². The van der Waals surface area contributed by atoms with E-state index < -0.39 is 59.3 Å². The number of hydrogen-bond acceptors (Lipinski definition) is 2.